The SMILES string of the molecule is Cc1cc(C(=O)COc2cccc3c2CCC3=O)c(C)n1-c1nccs1. The van der Waals surface area contributed by atoms with Crippen LogP contribution in [-0.2, 0) is 6.42 Å². The van der Waals surface area contributed by atoms with E-state index >= 15 is 0 Å². The Hall–Kier alpha value is -2.73. The van der Waals surface area contributed by atoms with Gasteiger partial charge in [0.25, 0.3) is 0 Å². The highest BCUT2D eigenvalue weighted by molar-refractivity contribution is 7.12. The maximum Gasteiger partial charge on any atom is 0.202 e. The van der Waals surface area contributed by atoms with Crippen LogP contribution in [0.4, 0.5) is 0 Å². The molecule has 0 aliphatic heterocycles. The third-order valence-corrected chi connectivity index (χ3v) is 5.49. The van der Waals surface area contributed by atoms with Crippen LogP contribution in [0.1, 0.15) is 44.1 Å². The fourth-order valence-corrected chi connectivity index (χ4v) is 4.23. The Labute approximate surface area is 155 Å². The Morgan fingerprint density at radius 2 is 2.15 bits per heavy atom. The molecule has 0 atom stereocenters. The number of carbonyl (C=O) groups excluding carboxylic acids is 2. The summed E-state index contributed by atoms with van der Waals surface area (Å²) in [6.45, 7) is 3.83. The molecule has 0 saturated carbocycles. The molecule has 2 aromatic heterocycles. The average molecular weight is 366 g/mol. The summed E-state index contributed by atoms with van der Waals surface area (Å²) in [5.41, 5.74) is 4.10. The van der Waals surface area contributed by atoms with E-state index in [-0.39, 0.29) is 18.2 Å². The third kappa shape index (κ3) is 2.76. The molecule has 0 fully saturated rings. The lowest BCUT2D eigenvalue weighted by Crippen LogP contribution is -2.13. The Bertz CT molecular complexity index is 1000. The summed E-state index contributed by atoms with van der Waals surface area (Å²) in [5.74, 6) is 0.696. The van der Waals surface area contributed by atoms with Gasteiger partial charge in [0.15, 0.2) is 17.5 Å². The molecule has 4 rings (SSSR count). The van der Waals surface area contributed by atoms with Crippen LogP contribution in [0.3, 0.4) is 0 Å². The van der Waals surface area contributed by atoms with Crippen molar-refractivity contribution in [1.82, 2.24) is 9.55 Å². The maximum absolute atomic E-state index is 12.7. The molecule has 132 valence electrons. The Kier molecular flexibility index (Phi) is 4.20. The number of ketones is 2. The van der Waals surface area contributed by atoms with Gasteiger partial charge in [0, 0.05) is 46.1 Å². The predicted molar refractivity (Wildman–Crippen MR) is 99.8 cm³/mol. The van der Waals surface area contributed by atoms with E-state index in [0.29, 0.717) is 24.2 Å². The Morgan fingerprint density at radius 1 is 1.31 bits per heavy atom. The van der Waals surface area contributed by atoms with Crippen molar-refractivity contribution >= 4 is 22.9 Å². The fraction of sp³-hybridized carbons (Fsp3) is 0.250. The number of Topliss-reactive ketones (excluding diaryl/α,β-unsaturated/α-hetero) is 2. The van der Waals surface area contributed by atoms with Crippen LogP contribution < -0.4 is 4.74 Å². The highest BCUT2D eigenvalue weighted by atomic mass is 32.1. The van der Waals surface area contributed by atoms with Gasteiger partial charge in [-0.15, -0.1) is 11.3 Å². The maximum atomic E-state index is 12.7. The van der Waals surface area contributed by atoms with Gasteiger partial charge >= 0.3 is 0 Å². The number of hydrogen-bond donors (Lipinski definition) is 0. The lowest BCUT2D eigenvalue weighted by molar-refractivity contribution is 0.0920. The van der Waals surface area contributed by atoms with Crippen LogP contribution >= 0.6 is 11.3 Å². The van der Waals surface area contributed by atoms with E-state index in [1.165, 1.54) is 11.3 Å². The fourth-order valence-electron chi connectivity index (χ4n) is 3.48. The summed E-state index contributed by atoms with van der Waals surface area (Å²) in [4.78, 5) is 28.9. The van der Waals surface area contributed by atoms with Crippen LogP contribution in [0.25, 0.3) is 5.13 Å². The zero-order valence-corrected chi connectivity index (χ0v) is 15.4. The summed E-state index contributed by atoms with van der Waals surface area (Å²) in [5, 5.41) is 2.76. The van der Waals surface area contributed by atoms with E-state index < -0.39 is 0 Å². The molecule has 1 aliphatic carbocycles. The van der Waals surface area contributed by atoms with Crippen molar-refractivity contribution in [3.05, 3.63) is 63.9 Å². The summed E-state index contributed by atoms with van der Waals surface area (Å²) >= 11 is 1.53. The monoisotopic (exact) mass is 366 g/mol. The van der Waals surface area contributed by atoms with Crippen molar-refractivity contribution in [2.45, 2.75) is 26.7 Å². The number of rotatable bonds is 5. The first-order valence-corrected chi connectivity index (χ1v) is 9.34. The molecule has 2 heterocycles. The standard InChI is InChI=1S/C20H18N2O3S/c1-12-10-16(13(2)22(12)20-21-8-9-26-20)18(24)11-25-19-5-3-4-14-15(19)6-7-17(14)23/h3-5,8-10H,6-7,11H2,1-2H3. The first-order chi connectivity index (χ1) is 12.6. The Balaban J connectivity index is 1.55. The second-order valence-electron chi connectivity index (χ2n) is 6.35. The molecule has 0 spiro atoms. The Morgan fingerprint density at radius 3 is 2.92 bits per heavy atom. The van der Waals surface area contributed by atoms with E-state index in [1.54, 1.807) is 12.3 Å². The van der Waals surface area contributed by atoms with Crippen molar-refractivity contribution < 1.29 is 14.3 Å². The summed E-state index contributed by atoms with van der Waals surface area (Å²) in [6.07, 6.45) is 2.94. The van der Waals surface area contributed by atoms with Crippen molar-refractivity contribution in [1.29, 1.82) is 0 Å². The van der Waals surface area contributed by atoms with Crippen molar-refractivity contribution in [2.24, 2.45) is 0 Å². The quantitative estimate of drug-likeness (QED) is 0.642. The van der Waals surface area contributed by atoms with Crippen LogP contribution in [0.5, 0.6) is 5.75 Å². The molecule has 0 saturated heterocycles. The van der Waals surface area contributed by atoms with Crippen LogP contribution in [-0.4, -0.2) is 27.7 Å². The second kappa shape index (κ2) is 6.53. The van der Waals surface area contributed by atoms with Gasteiger partial charge in [0.05, 0.1) is 0 Å². The predicted octanol–water partition coefficient (Wildman–Crippen LogP) is 3.94. The lowest BCUT2D eigenvalue weighted by Gasteiger charge is -2.10. The van der Waals surface area contributed by atoms with E-state index in [0.717, 1.165) is 27.6 Å². The normalized spacial score (nSPS) is 13.1. The number of fused-ring (bicyclic) bond motifs is 1. The minimum atomic E-state index is -0.0807. The molecule has 0 amide bonds. The van der Waals surface area contributed by atoms with Gasteiger partial charge < -0.3 is 4.74 Å². The molecule has 0 N–H and O–H groups in total. The largest absolute Gasteiger partial charge is 0.485 e. The summed E-state index contributed by atoms with van der Waals surface area (Å²) < 4.78 is 7.77. The van der Waals surface area contributed by atoms with Gasteiger partial charge in [0.1, 0.15) is 5.75 Å². The molecule has 26 heavy (non-hydrogen) atoms. The average Bonchev–Trinajstić information content (AvgIpc) is 3.34. The number of aryl methyl sites for hydroxylation is 1. The van der Waals surface area contributed by atoms with Crippen LogP contribution in [0.2, 0.25) is 0 Å². The molecule has 0 bridgehead atoms. The topological polar surface area (TPSA) is 61.2 Å². The second-order valence-corrected chi connectivity index (χ2v) is 7.23. The zero-order valence-electron chi connectivity index (χ0n) is 14.6. The van der Waals surface area contributed by atoms with Crippen LogP contribution in [0.15, 0.2) is 35.8 Å². The molecular formula is C20H18N2O3S. The highest BCUT2D eigenvalue weighted by Gasteiger charge is 2.24. The zero-order chi connectivity index (χ0) is 18.3. The number of thiazole rings is 1. The van der Waals surface area contributed by atoms with Gasteiger partial charge in [-0.1, -0.05) is 12.1 Å². The van der Waals surface area contributed by atoms with Gasteiger partial charge in [0.2, 0.25) is 5.78 Å². The molecule has 1 aromatic carbocycles. The molecule has 0 radical (unpaired) electrons. The number of aromatic nitrogens is 2. The van der Waals surface area contributed by atoms with Crippen LogP contribution in [0, 0.1) is 13.8 Å². The van der Waals surface area contributed by atoms with Crippen molar-refractivity contribution in [3.8, 4) is 10.9 Å². The first kappa shape index (κ1) is 16.7. The van der Waals surface area contributed by atoms with Gasteiger partial charge in [-0.2, -0.15) is 0 Å². The number of carbonyl (C=O) groups is 2. The summed E-state index contributed by atoms with van der Waals surface area (Å²) in [6, 6.07) is 7.32. The minimum Gasteiger partial charge on any atom is -0.485 e. The minimum absolute atomic E-state index is 0.0488. The van der Waals surface area contributed by atoms with E-state index in [1.807, 2.05) is 42.0 Å². The molecule has 0 unspecified atom stereocenters. The molecule has 3 aromatic rings. The van der Waals surface area contributed by atoms with Crippen molar-refractivity contribution in [2.75, 3.05) is 6.61 Å². The van der Waals surface area contributed by atoms with Crippen molar-refractivity contribution in [3.63, 3.8) is 0 Å². The van der Waals surface area contributed by atoms with Gasteiger partial charge in [-0.3, -0.25) is 14.2 Å². The third-order valence-electron chi connectivity index (χ3n) is 4.74. The van der Waals surface area contributed by atoms with Gasteiger partial charge in [-0.05, 0) is 32.4 Å². The first-order valence-electron chi connectivity index (χ1n) is 8.46. The van der Waals surface area contributed by atoms with E-state index in [4.69, 9.17) is 4.74 Å². The molecule has 1 aliphatic rings. The molecule has 5 nitrogen and oxygen atoms in total. The smallest absolute Gasteiger partial charge is 0.202 e. The van der Waals surface area contributed by atoms with E-state index in [2.05, 4.69) is 4.98 Å². The molecular weight excluding hydrogens is 348 g/mol. The summed E-state index contributed by atoms with van der Waals surface area (Å²) in [7, 11) is 0. The number of ether oxygens (including phenoxy) is 1. The highest BCUT2D eigenvalue weighted by Crippen LogP contribution is 2.30. The van der Waals surface area contributed by atoms with E-state index in [9.17, 15) is 9.59 Å². The lowest BCUT2D eigenvalue weighted by atomic mass is 10.1. The number of hydrogen-bond acceptors (Lipinski definition) is 5. The number of benzene rings is 1. The van der Waals surface area contributed by atoms with Gasteiger partial charge in [-0.25, -0.2) is 4.98 Å². The molecule has 6 heteroatoms. The number of nitrogens with zero attached hydrogens (tertiary/aromatic N) is 2.